The lowest BCUT2D eigenvalue weighted by Gasteiger charge is -2.05. The number of nitro groups is 1. The molecule has 0 aliphatic heterocycles. The van der Waals surface area contributed by atoms with E-state index in [1.54, 1.807) is 26.0 Å². The second-order valence-electron chi connectivity index (χ2n) is 3.64. The van der Waals surface area contributed by atoms with E-state index in [4.69, 9.17) is 10.00 Å². The second kappa shape index (κ2) is 6.31. The molecule has 19 heavy (non-hydrogen) atoms. The standard InChI is InChI=1S/C13H12N2O4/c1-3-19-13(16)12(8-14)9(2)10-5-4-6-11(7-10)15(17)18/h4-7H,3H2,1-2H3. The number of nitriles is 1. The molecule has 0 atom stereocenters. The van der Waals surface area contributed by atoms with Gasteiger partial charge >= 0.3 is 5.97 Å². The number of rotatable bonds is 4. The van der Waals surface area contributed by atoms with Gasteiger partial charge in [0.05, 0.1) is 11.5 Å². The van der Waals surface area contributed by atoms with Crippen molar-refractivity contribution in [2.24, 2.45) is 0 Å². The minimum Gasteiger partial charge on any atom is -0.462 e. The van der Waals surface area contributed by atoms with E-state index in [2.05, 4.69) is 0 Å². The number of allylic oxidation sites excluding steroid dienone is 1. The Hall–Kier alpha value is -2.68. The molecular weight excluding hydrogens is 248 g/mol. The Morgan fingerprint density at radius 1 is 1.53 bits per heavy atom. The summed E-state index contributed by atoms with van der Waals surface area (Å²) < 4.78 is 4.76. The Labute approximate surface area is 110 Å². The third-order valence-corrected chi connectivity index (χ3v) is 2.46. The van der Waals surface area contributed by atoms with Crippen molar-refractivity contribution in [2.75, 3.05) is 6.61 Å². The molecule has 0 unspecified atom stereocenters. The fraction of sp³-hybridized carbons (Fsp3) is 0.231. The summed E-state index contributed by atoms with van der Waals surface area (Å²) in [5, 5.41) is 19.7. The highest BCUT2D eigenvalue weighted by molar-refractivity contribution is 6.01. The van der Waals surface area contributed by atoms with Crippen LogP contribution in [-0.2, 0) is 9.53 Å². The first-order valence-corrected chi connectivity index (χ1v) is 5.54. The summed E-state index contributed by atoms with van der Waals surface area (Å²) in [7, 11) is 0. The van der Waals surface area contributed by atoms with Crippen molar-refractivity contribution in [1.29, 1.82) is 5.26 Å². The van der Waals surface area contributed by atoms with Gasteiger partial charge < -0.3 is 4.74 Å². The zero-order valence-corrected chi connectivity index (χ0v) is 10.5. The number of benzene rings is 1. The monoisotopic (exact) mass is 260 g/mol. The number of carbonyl (C=O) groups is 1. The van der Waals surface area contributed by atoms with Crippen LogP contribution in [0.15, 0.2) is 29.8 Å². The van der Waals surface area contributed by atoms with Crippen molar-refractivity contribution >= 4 is 17.2 Å². The quantitative estimate of drug-likeness (QED) is 0.272. The zero-order valence-electron chi connectivity index (χ0n) is 10.5. The van der Waals surface area contributed by atoms with Gasteiger partial charge in [-0.05, 0) is 25.0 Å². The maximum absolute atomic E-state index is 11.6. The lowest BCUT2D eigenvalue weighted by molar-refractivity contribution is -0.384. The van der Waals surface area contributed by atoms with Gasteiger partial charge in [-0.15, -0.1) is 0 Å². The normalized spacial score (nSPS) is 11.2. The molecule has 0 bridgehead atoms. The Kier molecular flexibility index (Phi) is 4.77. The van der Waals surface area contributed by atoms with Gasteiger partial charge in [-0.2, -0.15) is 5.26 Å². The molecule has 0 heterocycles. The van der Waals surface area contributed by atoms with Gasteiger partial charge in [0.1, 0.15) is 11.6 Å². The largest absolute Gasteiger partial charge is 0.462 e. The van der Waals surface area contributed by atoms with Crippen LogP contribution in [0.1, 0.15) is 19.4 Å². The summed E-state index contributed by atoms with van der Waals surface area (Å²) in [6.45, 7) is 3.34. The fourth-order valence-electron chi connectivity index (χ4n) is 1.48. The van der Waals surface area contributed by atoms with E-state index in [0.29, 0.717) is 11.1 Å². The maximum atomic E-state index is 11.6. The predicted molar refractivity (Wildman–Crippen MR) is 67.9 cm³/mol. The molecule has 1 rings (SSSR count). The number of nitro benzene ring substituents is 1. The number of ether oxygens (including phenoxy) is 1. The first-order valence-electron chi connectivity index (χ1n) is 5.54. The molecule has 98 valence electrons. The predicted octanol–water partition coefficient (Wildman–Crippen LogP) is 2.45. The maximum Gasteiger partial charge on any atom is 0.349 e. The average molecular weight is 260 g/mol. The van der Waals surface area contributed by atoms with Crippen molar-refractivity contribution in [3.8, 4) is 6.07 Å². The zero-order chi connectivity index (χ0) is 14.4. The lowest BCUT2D eigenvalue weighted by Crippen LogP contribution is -2.08. The molecular formula is C13H12N2O4. The van der Waals surface area contributed by atoms with Crippen molar-refractivity contribution in [3.63, 3.8) is 0 Å². The summed E-state index contributed by atoms with van der Waals surface area (Å²) in [5.41, 5.74) is 0.545. The topological polar surface area (TPSA) is 93.2 Å². The van der Waals surface area contributed by atoms with Crippen LogP contribution in [0.5, 0.6) is 0 Å². The van der Waals surface area contributed by atoms with Crippen LogP contribution in [0.25, 0.3) is 5.57 Å². The van der Waals surface area contributed by atoms with Crippen molar-refractivity contribution in [3.05, 3.63) is 45.5 Å². The molecule has 1 aromatic carbocycles. The van der Waals surface area contributed by atoms with Gasteiger partial charge in [0, 0.05) is 12.1 Å². The number of carbonyl (C=O) groups excluding carboxylic acids is 1. The summed E-state index contributed by atoms with van der Waals surface area (Å²) in [6, 6.07) is 7.51. The molecule has 0 aliphatic rings. The summed E-state index contributed by atoms with van der Waals surface area (Å²) in [5.74, 6) is -0.728. The van der Waals surface area contributed by atoms with E-state index in [0.717, 1.165) is 0 Å². The van der Waals surface area contributed by atoms with Gasteiger partial charge in [-0.1, -0.05) is 12.1 Å². The molecule has 0 N–H and O–H groups in total. The SMILES string of the molecule is CCOC(=O)C(C#N)=C(C)c1cccc([N+](=O)[O-])c1. The van der Waals surface area contributed by atoms with Crippen LogP contribution in [-0.4, -0.2) is 17.5 Å². The van der Waals surface area contributed by atoms with Crippen molar-refractivity contribution in [1.82, 2.24) is 0 Å². The number of hydrogen-bond acceptors (Lipinski definition) is 5. The number of esters is 1. The van der Waals surface area contributed by atoms with Gasteiger partial charge in [-0.25, -0.2) is 4.79 Å². The van der Waals surface area contributed by atoms with E-state index in [1.807, 2.05) is 0 Å². The van der Waals surface area contributed by atoms with E-state index >= 15 is 0 Å². The highest BCUT2D eigenvalue weighted by Gasteiger charge is 2.16. The summed E-state index contributed by atoms with van der Waals surface area (Å²) in [4.78, 5) is 21.7. The molecule has 6 nitrogen and oxygen atoms in total. The van der Waals surface area contributed by atoms with Crippen LogP contribution in [0.2, 0.25) is 0 Å². The van der Waals surface area contributed by atoms with Crippen LogP contribution in [0.4, 0.5) is 5.69 Å². The van der Waals surface area contributed by atoms with Crippen LogP contribution in [0, 0.1) is 21.4 Å². The van der Waals surface area contributed by atoms with Gasteiger partial charge in [-0.3, -0.25) is 10.1 Å². The Morgan fingerprint density at radius 3 is 2.74 bits per heavy atom. The number of hydrogen-bond donors (Lipinski definition) is 0. The van der Waals surface area contributed by atoms with E-state index < -0.39 is 10.9 Å². The van der Waals surface area contributed by atoms with Crippen LogP contribution < -0.4 is 0 Å². The van der Waals surface area contributed by atoms with Crippen LogP contribution >= 0.6 is 0 Å². The molecule has 1 aromatic rings. The molecule has 0 aromatic heterocycles. The molecule has 0 radical (unpaired) electrons. The second-order valence-corrected chi connectivity index (χ2v) is 3.64. The molecule has 0 aliphatic carbocycles. The molecule has 0 saturated heterocycles. The first kappa shape index (κ1) is 14.4. The lowest BCUT2D eigenvalue weighted by atomic mass is 10.0. The van der Waals surface area contributed by atoms with Gasteiger partial charge in [0.2, 0.25) is 0 Å². The minimum absolute atomic E-state index is 0.0991. The highest BCUT2D eigenvalue weighted by Crippen LogP contribution is 2.23. The molecule has 0 fully saturated rings. The molecule has 6 heteroatoms. The van der Waals surface area contributed by atoms with Gasteiger partial charge in [0.15, 0.2) is 0 Å². The van der Waals surface area contributed by atoms with Gasteiger partial charge in [0.25, 0.3) is 5.69 Å². The van der Waals surface area contributed by atoms with Crippen LogP contribution in [0.3, 0.4) is 0 Å². The minimum atomic E-state index is -0.728. The third-order valence-electron chi connectivity index (χ3n) is 2.46. The summed E-state index contributed by atoms with van der Waals surface area (Å²) in [6.07, 6.45) is 0. The van der Waals surface area contributed by atoms with Crippen molar-refractivity contribution < 1.29 is 14.5 Å². The number of non-ortho nitro benzene ring substituents is 1. The Balaban J connectivity index is 3.26. The molecule has 0 amide bonds. The molecule has 0 spiro atoms. The van der Waals surface area contributed by atoms with E-state index in [1.165, 1.54) is 18.2 Å². The van der Waals surface area contributed by atoms with E-state index in [-0.39, 0.29) is 17.9 Å². The third kappa shape index (κ3) is 3.39. The highest BCUT2D eigenvalue weighted by atomic mass is 16.6. The molecule has 0 saturated carbocycles. The summed E-state index contributed by atoms with van der Waals surface area (Å²) >= 11 is 0. The van der Waals surface area contributed by atoms with E-state index in [9.17, 15) is 14.9 Å². The Bertz CT molecular complexity index is 585. The first-order chi connectivity index (χ1) is 9.01. The Morgan fingerprint density at radius 2 is 2.21 bits per heavy atom. The number of nitrogens with zero attached hydrogens (tertiary/aromatic N) is 2. The van der Waals surface area contributed by atoms with Crippen molar-refractivity contribution in [2.45, 2.75) is 13.8 Å². The smallest absolute Gasteiger partial charge is 0.349 e. The average Bonchev–Trinajstić information content (AvgIpc) is 2.39. The fourth-order valence-corrected chi connectivity index (χ4v) is 1.48.